The Balaban J connectivity index is 2.28. The number of benzene rings is 1. The molecule has 0 radical (unpaired) electrons. The van der Waals surface area contributed by atoms with E-state index in [2.05, 4.69) is 0 Å². The van der Waals surface area contributed by atoms with E-state index < -0.39 is 10.0 Å². The molecular weight excluding hydrogens is 310 g/mol. The van der Waals surface area contributed by atoms with Gasteiger partial charge in [0.2, 0.25) is 0 Å². The second kappa shape index (κ2) is 6.46. The molecule has 1 heterocycles. The molecule has 21 heavy (non-hydrogen) atoms. The van der Waals surface area contributed by atoms with E-state index >= 15 is 0 Å². The Morgan fingerprint density at radius 1 is 1.19 bits per heavy atom. The number of methoxy groups -OCH3 is 1. The van der Waals surface area contributed by atoms with Crippen LogP contribution in [0.2, 0.25) is 0 Å². The van der Waals surface area contributed by atoms with Gasteiger partial charge in [0.25, 0.3) is 10.0 Å². The zero-order valence-corrected chi connectivity index (χ0v) is 13.4. The van der Waals surface area contributed by atoms with Crippen molar-refractivity contribution < 1.29 is 18.3 Å². The fraction of sp³-hybridized carbons (Fsp3) is 0.286. The molecule has 1 aromatic carbocycles. The number of aliphatic hydroxyl groups is 1. The summed E-state index contributed by atoms with van der Waals surface area (Å²) < 4.78 is 31.7. The maximum Gasteiger partial charge on any atom is 0.273 e. The summed E-state index contributed by atoms with van der Waals surface area (Å²) in [6, 6.07) is 10.1. The average molecular weight is 327 g/mol. The maximum absolute atomic E-state index is 12.5. The topological polar surface area (TPSA) is 66.8 Å². The van der Waals surface area contributed by atoms with Crippen LogP contribution in [-0.2, 0) is 16.4 Å². The molecule has 2 rings (SSSR count). The van der Waals surface area contributed by atoms with Gasteiger partial charge in [0.15, 0.2) is 0 Å². The third kappa shape index (κ3) is 3.37. The van der Waals surface area contributed by atoms with Crippen molar-refractivity contribution in [3.05, 3.63) is 41.3 Å². The lowest BCUT2D eigenvalue weighted by Crippen LogP contribution is -2.25. The minimum atomic E-state index is -3.58. The summed E-state index contributed by atoms with van der Waals surface area (Å²) in [5.74, 6) is 0.672. The second-order valence-corrected chi connectivity index (χ2v) is 7.73. The lowest BCUT2D eigenvalue weighted by Gasteiger charge is -2.18. The van der Waals surface area contributed by atoms with Crippen molar-refractivity contribution >= 4 is 27.0 Å². The molecule has 114 valence electrons. The van der Waals surface area contributed by atoms with Crippen molar-refractivity contribution in [3.8, 4) is 5.75 Å². The number of rotatable bonds is 6. The molecule has 0 amide bonds. The van der Waals surface area contributed by atoms with Crippen LogP contribution in [0, 0.1) is 0 Å². The lowest BCUT2D eigenvalue weighted by molar-refractivity contribution is 0.300. The molecular formula is C14H17NO4S2. The number of aliphatic hydroxyl groups excluding tert-OH is 1. The van der Waals surface area contributed by atoms with Crippen molar-refractivity contribution in [3.63, 3.8) is 0 Å². The van der Waals surface area contributed by atoms with Crippen molar-refractivity contribution in [1.82, 2.24) is 0 Å². The van der Waals surface area contributed by atoms with Gasteiger partial charge < -0.3 is 9.84 Å². The van der Waals surface area contributed by atoms with Gasteiger partial charge in [-0.3, -0.25) is 4.31 Å². The van der Waals surface area contributed by atoms with Gasteiger partial charge in [-0.05, 0) is 36.4 Å². The van der Waals surface area contributed by atoms with Crippen LogP contribution in [0.25, 0.3) is 0 Å². The Hall–Kier alpha value is -1.57. The quantitative estimate of drug-likeness (QED) is 0.882. The molecule has 1 N–H and O–H groups in total. The van der Waals surface area contributed by atoms with E-state index in [9.17, 15) is 8.42 Å². The Kier molecular flexibility index (Phi) is 4.87. The van der Waals surface area contributed by atoms with Crippen LogP contribution in [0.15, 0.2) is 40.6 Å². The zero-order valence-electron chi connectivity index (χ0n) is 11.8. The van der Waals surface area contributed by atoms with Gasteiger partial charge in [0, 0.05) is 25.0 Å². The molecule has 0 saturated carbocycles. The first-order valence-electron chi connectivity index (χ1n) is 6.31. The fourth-order valence-electron chi connectivity index (χ4n) is 1.81. The van der Waals surface area contributed by atoms with Crippen molar-refractivity contribution in [2.45, 2.75) is 10.6 Å². The summed E-state index contributed by atoms with van der Waals surface area (Å²) >= 11 is 1.18. The molecule has 2 aromatic rings. The number of hydrogen-bond donors (Lipinski definition) is 1. The van der Waals surface area contributed by atoms with Crippen LogP contribution in [0.3, 0.4) is 0 Å². The Labute approximate surface area is 128 Å². The molecule has 5 nitrogen and oxygen atoms in total. The number of thiophene rings is 1. The molecule has 0 aliphatic rings. The standard InChI is InChI=1S/C14H17NO4S2/c1-15(11-3-5-12(19-2)6-4-11)21(17,18)14-8-7-13(20-14)9-10-16/h3-8,16H,9-10H2,1-2H3. The molecule has 7 heteroatoms. The van der Waals surface area contributed by atoms with Crippen molar-refractivity contribution in [1.29, 1.82) is 0 Å². The van der Waals surface area contributed by atoms with E-state index in [0.717, 1.165) is 4.88 Å². The van der Waals surface area contributed by atoms with Crippen molar-refractivity contribution in [2.75, 3.05) is 25.1 Å². The van der Waals surface area contributed by atoms with Crippen LogP contribution in [0.5, 0.6) is 5.75 Å². The van der Waals surface area contributed by atoms with E-state index in [0.29, 0.717) is 17.9 Å². The van der Waals surface area contributed by atoms with Crippen LogP contribution >= 0.6 is 11.3 Å². The van der Waals surface area contributed by atoms with E-state index in [1.54, 1.807) is 43.5 Å². The van der Waals surface area contributed by atoms with Gasteiger partial charge in [-0.25, -0.2) is 8.42 Å². The SMILES string of the molecule is COc1ccc(N(C)S(=O)(=O)c2ccc(CCO)s2)cc1. The summed E-state index contributed by atoms with van der Waals surface area (Å²) in [4.78, 5) is 0.846. The second-order valence-electron chi connectivity index (χ2n) is 4.36. The highest BCUT2D eigenvalue weighted by Gasteiger charge is 2.23. The van der Waals surface area contributed by atoms with E-state index in [1.165, 1.54) is 22.7 Å². The third-order valence-electron chi connectivity index (χ3n) is 3.05. The number of anilines is 1. The summed E-state index contributed by atoms with van der Waals surface area (Å²) in [5.41, 5.74) is 0.563. The monoisotopic (exact) mass is 327 g/mol. The summed E-state index contributed by atoms with van der Waals surface area (Å²) in [6.45, 7) is 0.00825. The molecule has 0 fully saturated rings. The minimum Gasteiger partial charge on any atom is -0.497 e. The minimum absolute atomic E-state index is 0.00825. The van der Waals surface area contributed by atoms with E-state index in [4.69, 9.17) is 9.84 Å². The first-order chi connectivity index (χ1) is 9.98. The van der Waals surface area contributed by atoms with Gasteiger partial charge in [-0.1, -0.05) is 0 Å². The highest BCUT2D eigenvalue weighted by Crippen LogP contribution is 2.28. The molecule has 0 atom stereocenters. The van der Waals surface area contributed by atoms with E-state index in [-0.39, 0.29) is 10.8 Å². The molecule has 0 unspecified atom stereocenters. The third-order valence-corrected chi connectivity index (χ3v) is 6.44. The molecule has 0 bridgehead atoms. The van der Waals surface area contributed by atoms with Gasteiger partial charge >= 0.3 is 0 Å². The highest BCUT2D eigenvalue weighted by molar-refractivity contribution is 7.94. The smallest absolute Gasteiger partial charge is 0.273 e. The Morgan fingerprint density at radius 3 is 2.43 bits per heavy atom. The normalized spacial score (nSPS) is 11.4. The van der Waals surface area contributed by atoms with Gasteiger partial charge in [0.1, 0.15) is 9.96 Å². The van der Waals surface area contributed by atoms with Gasteiger partial charge in [0.05, 0.1) is 12.8 Å². The predicted octanol–water partition coefficient (Wildman–Crippen LogP) is 2.12. The molecule has 1 aromatic heterocycles. The van der Waals surface area contributed by atoms with Crippen LogP contribution in [0.4, 0.5) is 5.69 Å². The highest BCUT2D eigenvalue weighted by atomic mass is 32.2. The molecule has 0 aliphatic heterocycles. The summed E-state index contributed by atoms with van der Waals surface area (Å²) in [5, 5.41) is 8.90. The first kappa shape index (κ1) is 15.8. The zero-order chi connectivity index (χ0) is 15.5. The van der Waals surface area contributed by atoms with Gasteiger partial charge in [-0.2, -0.15) is 0 Å². The Morgan fingerprint density at radius 2 is 1.86 bits per heavy atom. The fourth-order valence-corrected chi connectivity index (χ4v) is 4.52. The average Bonchev–Trinajstić information content (AvgIpc) is 2.96. The van der Waals surface area contributed by atoms with E-state index in [1.807, 2.05) is 0 Å². The van der Waals surface area contributed by atoms with Crippen LogP contribution in [-0.4, -0.2) is 34.3 Å². The number of sulfonamides is 1. The Bertz CT molecular complexity index is 692. The van der Waals surface area contributed by atoms with Crippen LogP contribution in [0.1, 0.15) is 4.88 Å². The number of ether oxygens (including phenoxy) is 1. The molecule has 0 spiro atoms. The summed E-state index contributed by atoms with van der Waals surface area (Å²) in [7, 11) is -0.504. The first-order valence-corrected chi connectivity index (χ1v) is 8.57. The summed E-state index contributed by atoms with van der Waals surface area (Å²) in [6.07, 6.45) is 0.465. The molecule has 0 aliphatic carbocycles. The number of nitrogens with zero attached hydrogens (tertiary/aromatic N) is 1. The van der Waals surface area contributed by atoms with Crippen LogP contribution < -0.4 is 9.04 Å². The van der Waals surface area contributed by atoms with Gasteiger partial charge in [-0.15, -0.1) is 11.3 Å². The van der Waals surface area contributed by atoms with Crippen molar-refractivity contribution in [2.24, 2.45) is 0 Å². The maximum atomic E-state index is 12.5. The lowest BCUT2D eigenvalue weighted by atomic mass is 10.3. The predicted molar refractivity (Wildman–Crippen MR) is 83.7 cm³/mol. The molecule has 0 saturated heterocycles. The largest absolute Gasteiger partial charge is 0.497 e. The number of hydrogen-bond acceptors (Lipinski definition) is 5.